The smallest absolute Gasteiger partial charge is 0.255 e. The van der Waals surface area contributed by atoms with Crippen LogP contribution >= 0.6 is 0 Å². The molecule has 7 heteroatoms. The number of amides is 1. The number of carbonyl (C=O) groups excluding carboxylic acids is 1. The van der Waals surface area contributed by atoms with Gasteiger partial charge in [-0.25, -0.2) is 8.42 Å². The lowest BCUT2D eigenvalue weighted by atomic mass is 9.96. The Morgan fingerprint density at radius 1 is 1.03 bits per heavy atom. The molecule has 1 N–H and O–H groups in total. The molecule has 3 rings (SSSR count). The SMILES string of the molecule is COc1ccc(S(=O)(=O)N2CCC(C)CC2)cc1C(=O)NC1CCCCCCC1. The maximum atomic E-state index is 13.1. The maximum absolute atomic E-state index is 13.1. The van der Waals surface area contributed by atoms with Crippen LogP contribution < -0.4 is 10.1 Å². The molecule has 1 saturated carbocycles. The highest BCUT2D eigenvalue weighted by Crippen LogP contribution is 2.28. The zero-order valence-electron chi connectivity index (χ0n) is 17.7. The van der Waals surface area contributed by atoms with Gasteiger partial charge in [-0.3, -0.25) is 4.79 Å². The summed E-state index contributed by atoms with van der Waals surface area (Å²) in [4.78, 5) is 13.2. The van der Waals surface area contributed by atoms with Crippen molar-refractivity contribution in [3.8, 4) is 5.75 Å². The minimum Gasteiger partial charge on any atom is -0.496 e. The standard InChI is InChI=1S/C22H34N2O4S/c1-17-12-14-24(15-13-17)29(26,27)19-10-11-21(28-2)20(16-19)22(25)23-18-8-6-4-3-5-7-9-18/h10-11,16-18H,3-9,12-15H2,1-2H3,(H,23,25). The molecular weight excluding hydrogens is 388 g/mol. The molecule has 0 unspecified atom stereocenters. The van der Waals surface area contributed by atoms with Crippen molar-refractivity contribution < 1.29 is 17.9 Å². The number of nitrogens with one attached hydrogen (secondary N) is 1. The highest BCUT2D eigenvalue weighted by Gasteiger charge is 2.29. The molecule has 1 aromatic rings. The second kappa shape index (κ2) is 9.94. The van der Waals surface area contributed by atoms with Crippen molar-refractivity contribution in [1.82, 2.24) is 9.62 Å². The molecule has 0 bridgehead atoms. The lowest BCUT2D eigenvalue weighted by Gasteiger charge is -2.29. The molecule has 1 heterocycles. The molecule has 0 aromatic heterocycles. The van der Waals surface area contributed by atoms with Gasteiger partial charge in [0.25, 0.3) is 5.91 Å². The van der Waals surface area contributed by atoms with Gasteiger partial charge in [0.1, 0.15) is 5.75 Å². The number of nitrogens with zero attached hydrogens (tertiary/aromatic N) is 1. The van der Waals surface area contributed by atoms with Crippen LogP contribution in [0.25, 0.3) is 0 Å². The van der Waals surface area contributed by atoms with Gasteiger partial charge in [0.2, 0.25) is 10.0 Å². The van der Waals surface area contributed by atoms with E-state index in [-0.39, 0.29) is 16.8 Å². The van der Waals surface area contributed by atoms with Gasteiger partial charge in [-0.2, -0.15) is 4.31 Å². The summed E-state index contributed by atoms with van der Waals surface area (Å²) in [5, 5.41) is 3.11. The molecule has 162 valence electrons. The number of rotatable bonds is 5. The Labute approximate surface area is 175 Å². The van der Waals surface area contributed by atoms with E-state index in [9.17, 15) is 13.2 Å². The zero-order valence-corrected chi connectivity index (χ0v) is 18.5. The van der Waals surface area contributed by atoms with Gasteiger partial charge in [0, 0.05) is 19.1 Å². The lowest BCUT2D eigenvalue weighted by molar-refractivity contribution is 0.0927. The first kappa shape index (κ1) is 22.1. The third-order valence-electron chi connectivity index (χ3n) is 6.24. The summed E-state index contributed by atoms with van der Waals surface area (Å²) in [6.07, 6.45) is 9.58. The predicted octanol–water partition coefficient (Wildman–Crippen LogP) is 3.96. The quantitative estimate of drug-likeness (QED) is 0.779. The Bertz CT molecular complexity index is 793. The van der Waals surface area contributed by atoms with Crippen molar-refractivity contribution in [2.75, 3.05) is 20.2 Å². The summed E-state index contributed by atoms with van der Waals surface area (Å²) < 4.78 is 33.1. The van der Waals surface area contributed by atoms with E-state index in [1.807, 2.05) is 0 Å². The number of ether oxygens (including phenoxy) is 1. The molecule has 1 aliphatic heterocycles. The van der Waals surface area contributed by atoms with Crippen LogP contribution in [0.4, 0.5) is 0 Å². The Balaban J connectivity index is 1.80. The predicted molar refractivity (Wildman–Crippen MR) is 114 cm³/mol. The van der Waals surface area contributed by atoms with Crippen LogP contribution in [0.2, 0.25) is 0 Å². The number of piperidine rings is 1. The van der Waals surface area contributed by atoms with E-state index >= 15 is 0 Å². The van der Waals surface area contributed by atoms with Gasteiger partial charge in [-0.15, -0.1) is 0 Å². The van der Waals surface area contributed by atoms with Gasteiger partial charge in [-0.05, 0) is 49.8 Å². The van der Waals surface area contributed by atoms with Crippen molar-refractivity contribution in [1.29, 1.82) is 0 Å². The van der Waals surface area contributed by atoms with Crippen LogP contribution in [0.1, 0.15) is 75.1 Å². The molecule has 1 aliphatic carbocycles. The van der Waals surface area contributed by atoms with E-state index < -0.39 is 10.0 Å². The average molecular weight is 423 g/mol. The fourth-order valence-corrected chi connectivity index (χ4v) is 5.76. The van der Waals surface area contributed by atoms with Gasteiger partial charge < -0.3 is 10.1 Å². The van der Waals surface area contributed by atoms with E-state index in [0.717, 1.165) is 38.5 Å². The highest BCUT2D eigenvalue weighted by molar-refractivity contribution is 7.89. The zero-order chi connectivity index (χ0) is 20.9. The Morgan fingerprint density at radius 2 is 1.66 bits per heavy atom. The maximum Gasteiger partial charge on any atom is 0.255 e. The summed E-state index contributed by atoms with van der Waals surface area (Å²) in [6, 6.07) is 4.74. The van der Waals surface area contributed by atoms with Gasteiger partial charge >= 0.3 is 0 Å². The van der Waals surface area contributed by atoms with Crippen LogP contribution in [0, 0.1) is 5.92 Å². The van der Waals surface area contributed by atoms with Gasteiger partial charge in [0.15, 0.2) is 0 Å². The third kappa shape index (κ3) is 5.51. The normalized spacial score (nSPS) is 20.6. The van der Waals surface area contributed by atoms with E-state index in [1.165, 1.54) is 36.7 Å². The van der Waals surface area contributed by atoms with E-state index in [2.05, 4.69) is 12.2 Å². The van der Waals surface area contributed by atoms with Gasteiger partial charge in [-0.1, -0.05) is 39.0 Å². The number of hydrogen-bond acceptors (Lipinski definition) is 4. The average Bonchev–Trinajstić information content (AvgIpc) is 2.69. The fourth-order valence-electron chi connectivity index (χ4n) is 4.26. The largest absolute Gasteiger partial charge is 0.496 e. The van der Waals surface area contributed by atoms with Crippen molar-refractivity contribution in [2.24, 2.45) is 5.92 Å². The molecule has 6 nitrogen and oxygen atoms in total. The van der Waals surface area contributed by atoms with Gasteiger partial charge in [0.05, 0.1) is 17.6 Å². The van der Waals surface area contributed by atoms with Crippen molar-refractivity contribution in [2.45, 2.75) is 75.6 Å². The first-order valence-electron chi connectivity index (χ1n) is 10.9. The summed E-state index contributed by atoms with van der Waals surface area (Å²) in [5.74, 6) is 0.693. The molecule has 2 fully saturated rings. The van der Waals surface area contributed by atoms with Crippen LogP contribution in [-0.4, -0.2) is 44.9 Å². The Hall–Kier alpha value is -1.60. The molecule has 1 amide bonds. The number of hydrogen-bond donors (Lipinski definition) is 1. The third-order valence-corrected chi connectivity index (χ3v) is 8.13. The summed E-state index contributed by atoms with van der Waals surface area (Å²) in [5.41, 5.74) is 0.293. The van der Waals surface area contributed by atoms with E-state index in [1.54, 1.807) is 12.1 Å². The van der Waals surface area contributed by atoms with Crippen molar-refractivity contribution >= 4 is 15.9 Å². The summed E-state index contributed by atoms with van der Waals surface area (Å²) in [7, 11) is -2.11. The summed E-state index contributed by atoms with van der Waals surface area (Å²) >= 11 is 0. The second-order valence-electron chi connectivity index (χ2n) is 8.46. The molecule has 0 atom stereocenters. The first-order valence-corrected chi connectivity index (χ1v) is 12.3. The number of benzene rings is 1. The molecule has 29 heavy (non-hydrogen) atoms. The molecule has 0 radical (unpaired) electrons. The van der Waals surface area contributed by atoms with E-state index in [0.29, 0.717) is 30.3 Å². The van der Waals surface area contributed by atoms with Crippen LogP contribution in [0.5, 0.6) is 5.75 Å². The minimum absolute atomic E-state index is 0.136. The molecule has 2 aliphatic rings. The Kier molecular flexibility index (Phi) is 7.57. The summed E-state index contributed by atoms with van der Waals surface area (Å²) in [6.45, 7) is 3.20. The molecule has 0 spiro atoms. The van der Waals surface area contributed by atoms with Crippen molar-refractivity contribution in [3.05, 3.63) is 23.8 Å². The number of methoxy groups -OCH3 is 1. The van der Waals surface area contributed by atoms with Crippen LogP contribution in [-0.2, 0) is 10.0 Å². The first-order chi connectivity index (χ1) is 13.9. The highest BCUT2D eigenvalue weighted by atomic mass is 32.2. The second-order valence-corrected chi connectivity index (χ2v) is 10.4. The number of carbonyl (C=O) groups is 1. The van der Waals surface area contributed by atoms with Crippen LogP contribution in [0.3, 0.4) is 0 Å². The fraction of sp³-hybridized carbons (Fsp3) is 0.682. The number of sulfonamides is 1. The van der Waals surface area contributed by atoms with Crippen LogP contribution in [0.15, 0.2) is 23.1 Å². The monoisotopic (exact) mass is 422 g/mol. The Morgan fingerprint density at radius 3 is 2.28 bits per heavy atom. The minimum atomic E-state index is -3.61. The van der Waals surface area contributed by atoms with E-state index in [4.69, 9.17) is 4.74 Å². The lowest BCUT2D eigenvalue weighted by Crippen LogP contribution is -2.38. The van der Waals surface area contributed by atoms with Crippen molar-refractivity contribution in [3.63, 3.8) is 0 Å². The molecule has 1 saturated heterocycles. The topological polar surface area (TPSA) is 75.7 Å². The molecule has 1 aromatic carbocycles. The molecular formula is C22H34N2O4S.